The highest BCUT2D eigenvalue weighted by molar-refractivity contribution is 7.80. The Kier molecular flexibility index (Phi) is 3.57. The van der Waals surface area contributed by atoms with Crippen LogP contribution < -0.4 is 10.6 Å². The van der Waals surface area contributed by atoms with Gasteiger partial charge in [0.1, 0.15) is 0 Å². The Morgan fingerprint density at radius 3 is 2.74 bits per heavy atom. The predicted octanol–water partition coefficient (Wildman–Crippen LogP) is 0.694. The topological polar surface area (TPSA) is 68.2 Å². The van der Waals surface area contributed by atoms with Gasteiger partial charge in [0.05, 0.1) is 24.4 Å². The molecule has 6 nitrogen and oxygen atoms in total. The molecule has 1 aromatic rings. The van der Waals surface area contributed by atoms with E-state index in [1.54, 1.807) is 11.6 Å². The van der Waals surface area contributed by atoms with Crippen LogP contribution in [0.4, 0.5) is 0 Å². The second-order valence-electron chi connectivity index (χ2n) is 4.41. The van der Waals surface area contributed by atoms with Crippen molar-refractivity contribution in [2.45, 2.75) is 19.9 Å². The van der Waals surface area contributed by atoms with Gasteiger partial charge in [-0.2, -0.15) is 5.10 Å². The molecule has 0 unspecified atom stereocenters. The largest absolute Gasteiger partial charge is 0.466 e. The third-order valence-corrected chi connectivity index (χ3v) is 3.26. The Morgan fingerprint density at radius 1 is 1.53 bits per heavy atom. The molecule has 0 spiro atoms. The molecule has 0 saturated carbocycles. The number of esters is 1. The molecule has 0 aliphatic carbocycles. The Balaban J connectivity index is 2.52. The number of carbonyl (C=O) groups is 1. The lowest BCUT2D eigenvalue weighted by Gasteiger charge is -2.29. The van der Waals surface area contributed by atoms with Gasteiger partial charge in [-0.05, 0) is 26.1 Å². The van der Waals surface area contributed by atoms with E-state index in [4.69, 9.17) is 17.0 Å². The number of aromatic nitrogens is 2. The van der Waals surface area contributed by atoms with Crippen molar-refractivity contribution in [3.63, 3.8) is 0 Å². The third-order valence-electron chi connectivity index (χ3n) is 3.04. The molecule has 1 atom stereocenters. The molecule has 0 radical (unpaired) electrons. The Bertz CT molecular complexity index is 576. The lowest BCUT2D eigenvalue weighted by Crippen LogP contribution is -2.45. The molecular formula is C12H16N4O2S. The normalized spacial score (nSPS) is 18.9. The Hall–Kier alpha value is -1.89. The first kappa shape index (κ1) is 13.5. The molecule has 0 fully saturated rings. The summed E-state index contributed by atoms with van der Waals surface area (Å²) in [5.41, 5.74) is 2.97. The summed E-state index contributed by atoms with van der Waals surface area (Å²) in [6.07, 6.45) is 1.87. The van der Waals surface area contributed by atoms with Crippen LogP contribution in [0.3, 0.4) is 0 Å². The number of rotatable bonds is 2. The minimum atomic E-state index is -0.381. The highest BCUT2D eigenvalue weighted by Crippen LogP contribution is 2.28. The van der Waals surface area contributed by atoms with Gasteiger partial charge in [-0.1, -0.05) is 0 Å². The van der Waals surface area contributed by atoms with Gasteiger partial charge in [-0.25, -0.2) is 4.79 Å². The van der Waals surface area contributed by atoms with E-state index in [-0.39, 0.29) is 12.0 Å². The molecule has 1 aromatic heterocycles. The SMILES string of the molecule is COC(=O)C1=C(C)NC(=S)N[C@H]1c1cn(C)nc1C. The second-order valence-corrected chi connectivity index (χ2v) is 4.81. The molecule has 7 heteroatoms. The summed E-state index contributed by atoms with van der Waals surface area (Å²) in [5.74, 6) is -0.381. The first-order chi connectivity index (χ1) is 8.93. The molecule has 102 valence electrons. The van der Waals surface area contributed by atoms with E-state index in [9.17, 15) is 4.79 Å². The Labute approximate surface area is 116 Å². The zero-order valence-corrected chi connectivity index (χ0v) is 12.1. The van der Waals surface area contributed by atoms with Gasteiger partial charge in [0.2, 0.25) is 0 Å². The fourth-order valence-electron chi connectivity index (χ4n) is 2.21. The highest BCUT2D eigenvalue weighted by atomic mass is 32.1. The molecular weight excluding hydrogens is 264 g/mol. The van der Waals surface area contributed by atoms with Crippen molar-refractivity contribution in [2.75, 3.05) is 7.11 Å². The van der Waals surface area contributed by atoms with Crippen LogP contribution in [0.2, 0.25) is 0 Å². The average molecular weight is 280 g/mol. The Morgan fingerprint density at radius 2 is 2.21 bits per heavy atom. The number of hydrogen-bond acceptors (Lipinski definition) is 4. The molecule has 1 aliphatic rings. The number of allylic oxidation sites excluding steroid dienone is 1. The van der Waals surface area contributed by atoms with Gasteiger partial charge in [0.15, 0.2) is 5.11 Å². The maximum Gasteiger partial charge on any atom is 0.337 e. The van der Waals surface area contributed by atoms with Crippen LogP contribution in [0.1, 0.15) is 24.2 Å². The van der Waals surface area contributed by atoms with Crippen LogP contribution >= 0.6 is 12.2 Å². The molecule has 2 rings (SSSR count). The zero-order valence-electron chi connectivity index (χ0n) is 11.3. The minimum Gasteiger partial charge on any atom is -0.466 e. The molecule has 1 aliphatic heterocycles. The second kappa shape index (κ2) is 5.00. The molecule has 0 aromatic carbocycles. The van der Waals surface area contributed by atoms with Crippen molar-refractivity contribution in [2.24, 2.45) is 7.05 Å². The number of nitrogens with one attached hydrogen (secondary N) is 2. The zero-order chi connectivity index (χ0) is 14.2. The maximum atomic E-state index is 12.0. The number of methoxy groups -OCH3 is 1. The van der Waals surface area contributed by atoms with Gasteiger partial charge < -0.3 is 15.4 Å². The van der Waals surface area contributed by atoms with Crippen LogP contribution in [0.25, 0.3) is 0 Å². The van der Waals surface area contributed by atoms with E-state index < -0.39 is 0 Å². The molecule has 2 heterocycles. The highest BCUT2D eigenvalue weighted by Gasteiger charge is 2.32. The summed E-state index contributed by atoms with van der Waals surface area (Å²) in [6.45, 7) is 3.70. The number of hydrogen-bond donors (Lipinski definition) is 2. The summed E-state index contributed by atoms with van der Waals surface area (Å²) in [4.78, 5) is 12.0. The number of carbonyl (C=O) groups excluding carboxylic acids is 1. The van der Waals surface area contributed by atoms with E-state index >= 15 is 0 Å². The fraction of sp³-hybridized carbons (Fsp3) is 0.417. The minimum absolute atomic E-state index is 0.338. The smallest absolute Gasteiger partial charge is 0.337 e. The van der Waals surface area contributed by atoms with E-state index in [1.165, 1.54) is 7.11 Å². The van der Waals surface area contributed by atoms with Crippen LogP contribution in [-0.2, 0) is 16.6 Å². The van der Waals surface area contributed by atoms with Crippen molar-refractivity contribution in [3.8, 4) is 0 Å². The van der Waals surface area contributed by atoms with Crippen molar-refractivity contribution >= 4 is 23.3 Å². The molecule has 0 amide bonds. The summed E-state index contributed by atoms with van der Waals surface area (Å²) in [5, 5.41) is 10.8. The van der Waals surface area contributed by atoms with Gasteiger partial charge in [-0.3, -0.25) is 4.68 Å². The van der Waals surface area contributed by atoms with Gasteiger partial charge in [0.25, 0.3) is 0 Å². The van der Waals surface area contributed by atoms with E-state index in [2.05, 4.69) is 15.7 Å². The maximum absolute atomic E-state index is 12.0. The van der Waals surface area contributed by atoms with Crippen LogP contribution in [0.15, 0.2) is 17.5 Å². The summed E-state index contributed by atoms with van der Waals surface area (Å²) < 4.78 is 6.56. The van der Waals surface area contributed by atoms with Gasteiger partial charge >= 0.3 is 5.97 Å². The quantitative estimate of drug-likeness (QED) is 0.614. The fourth-order valence-corrected chi connectivity index (χ4v) is 2.48. The van der Waals surface area contributed by atoms with E-state index in [0.717, 1.165) is 11.3 Å². The van der Waals surface area contributed by atoms with E-state index in [1.807, 2.05) is 20.2 Å². The first-order valence-corrected chi connectivity index (χ1v) is 6.21. The van der Waals surface area contributed by atoms with Crippen LogP contribution in [-0.4, -0.2) is 28.0 Å². The lowest BCUT2D eigenvalue weighted by atomic mass is 9.96. The molecule has 2 N–H and O–H groups in total. The van der Waals surface area contributed by atoms with Crippen molar-refractivity contribution in [3.05, 3.63) is 28.7 Å². The molecule has 0 saturated heterocycles. The predicted molar refractivity (Wildman–Crippen MR) is 74.3 cm³/mol. The monoisotopic (exact) mass is 280 g/mol. The average Bonchev–Trinajstić information content (AvgIpc) is 2.66. The molecule has 0 bridgehead atoms. The van der Waals surface area contributed by atoms with Crippen molar-refractivity contribution in [1.29, 1.82) is 0 Å². The lowest BCUT2D eigenvalue weighted by molar-refractivity contribution is -0.136. The number of aryl methyl sites for hydroxylation is 2. The summed E-state index contributed by atoms with van der Waals surface area (Å²) >= 11 is 5.15. The van der Waals surface area contributed by atoms with E-state index in [0.29, 0.717) is 16.4 Å². The standard InChI is InChI=1S/C12H16N4O2S/c1-6-8(5-16(3)15-6)10-9(11(17)18-4)7(2)13-12(19)14-10/h5,10H,1-4H3,(H2,13,14,19)/t10-/m0/s1. The number of nitrogens with zero attached hydrogens (tertiary/aromatic N) is 2. The number of ether oxygens (including phenoxy) is 1. The third kappa shape index (κ3) is 2.46. The molecule has 19 heavy (non-hydrogen) atoms. The first-order valence-electron chi connectivity index (χ1n) is 5.80. The number of thiocarbonyl (C=S) groups is 1. The van der Waals surface area contributed by atoms with Crippen molar-refractivity contribution < 1.29 is 9.53 Å². The van der Waals surface area contributed by atoms with Crippen LogP contribution in [0, 0.1) is 6.92 Å². The van der Waals surface area contributed by atoms with Gasteiger partial charge in [-0.15, -0.1) is 0 Å². The van der Waals surface area contributed by atoms with Crippen molar-refractivity contribution in [1.82, 2.24) is 20.4 Å². The summed E-state index contributed by atoms with van der Waals surface area (Å²) in [7, 11) is 3.20. The van der Waals surface area contributed by atoms with Gasteiger partial charge in [0, 0.05) is 24.5 Å². The summed E-state index contributed by atoms with van der Waals surface area (Å²) in [6, 6.07) is -0.338. The van der Waals surface area contributed by atoms with Crippen LogP contribution in [0.5, 0.6) is 0 Å².